The maximum Gasteiger partial charge on any atom is 0.268 e. The second-order valence-corrected chi connectivity index (χ2v) is 16.0. The van der Waals surface area contributed by atoms with E-state index in [-0.39, 0.29) is 18.9 Å². The van der Waals surface area contributed by atoms with Crippen molar-refractivity contribution in [2.24, 2.45) is 0 Å². The average Bonchev–Trinajstić information content (AvgIpc) is 3.13. The van der Waals surface area contributed by atoms with E-state index in [1.807, 2.05) is 39.4 Å². The molecule has 2 N–H and O–H groups in total. The Morgan fingerprint density at radius 3 is 1.64 bits per heavy atom. The first-order chi connectivity index (χ1) is 26.5. The molecule has 3 unspecified atom stereocenters. The molecule has 0 aliphatic carbocycles. The van der Waals surface area contributed by atoms with Gasteiger partial charge < -0.3 is 28.8 Å². The van der Waals surface area contributed by atoms with Gasteiger partial charge in [0.2, 0.25) is 5.91 Å². The molecule has 55 heavy (non-hydrogen) atoms. The van der Waals surface area contributed by atoms with E-state index in [1.54, 1.807) is 6.08 Å². The summed E-state index contributed by atoms with van der Waals surface area (Å²) in [5, 5.41) is 13.6. The van der Waals surface area contributed by atoms with Crippen LogP contribution in [-0.2, 0) is 18.4 Å². The van der Waals surface area contributed by atoms with Gasteiger partial charge in [-0.1, -0.05) is 142 Å². The van der Waals surface area contributed by atoms with Crippen LogP contribution in [-0.4, -0.2) is 68.5 Å². The summed E-state index contributed by atoms with van der Waals surface area (Å²) in [6, 6.07) is -0.956. The summed E-state index contributed by atoms with van der Waals surface area (Å²) in [4.78, 5) is 25.2. The Morgan fingerprint density at radius 1 is 0.655 bits per heavy atom. The van der Waals surface area contributed by atoms with Gasteiger partial charge in [0, 0.05) is 6.42 Å². The van der Waals surface area contributed by atoms with Crippen LogP contribution in [0.5, 0.6) is 0 Å². The first kappa shape index (κ1) is 52.2. The Labute approximate surface area is 336 Å². The van der Waals surface area contributed by atoms with E-state index in [4.69, 9.17) is 9.05 Å². The number of amides is 1. The second-order valence-electron chi connectivity index (χ2n) is 14.6. The van der Waals surface area contributed by atoms with Crippen molar-refractivity contribution in [3.05, 3.63) is 109 Å². The number of unbranched alkanes of at least 4 members (excludes halogenated alkanes) is 6. The second kappa shape index (κ2) is 36.8. The molecule has 0 aliphatic heterocycles. The highest BCUT2D eigenvalue weighted by molar-refractivity contribution is 7.45. The molecule has 8 nitrogen and oxygen atoms in total. The fourth-order valence-corrected chi connectivity index (χ4v) is 5.63. The first-order valence-corrected chi connectivity index (χ1v) is 22.2. The van der Waals surface area contributed by atoms with Crippen LogP contribution in [0.15, 0.2) is 109 Å². The fraction of sp³-hybridized carbons (Fsp3) is 0.587. The van der Waals surface area contributed by atoms with Crippen molar-refractivity contribution in [1.29, 1.82) is 0 Å². The molecular weight excluding hydrogens is 707 g/mol. The monoisotopic (exact) mass is 785 g/mol. The Bertz CT molecular complexity index is 1260. The zero-order valence-corrected chi connectivity index (χ0v) is 36.0. The van der Waals surface area contributed by atoms with E-state index in [0.29, 0.717) is 23.9 Å². The van der Waals surface area contributed by atoms with Gasteiger partial charge in [-0.3, -0.25) is 9.36 Å². The topological polar surface area (TPSA) is 108 Å². The van der Waals surface area contributed by atoms with Crippen LogP contribution >= 0.6 is 7.82 Å². The van der Waals surface area contributed by atoms with Crippen molar-refractivity contribution in [2.75, 3.05) is 40.9 Å². The van der Waals surface area contributed by atoms with Gasteiger partial charge in [0.1, 0.15) is 13.2 Å². The summed E-state index contributed by atoms with van der Waals surface area (Å²) in [7, 11) is 1.16. The SMILES string of the molecule is CC/C=C\C/C=C\C/C=C\C/C=C\C/C=C\C/C=C\CCC(=O)NC(COP(=O)([O-])OCC[N+](C)(C)C)C(O)/C=C/CC/C=C/CC/C=C/CCCCCC. The van der Waals surface area contributed by atoms with E-state index < -0.39 is 26.6 Å². The summed E-state index contributed by atoms with van der Waals surface area (Å²) in [5.74, 6) is -0.301. The number of aliphatic hydroxyl groups excluding tert-OH is 1. The minimum Gasteiger partial charge on any atom is -0.756 e. The molecule has 9 heteroatoms. The number of carbonyl (C=O) groups is 1. The lowest BCUT2D eigenvalue weighted by Gasteiger charge is -2.29. The van der Waals surface area contributed by atoms with Gasteiger partial charge in [-0.25, -0.2) is 0 Å². The van der Waals surface area contributed by atoms with Gasteiger partial charge in [-0.15, -0.1) is 0 Å². The minimum atomic E-state index is -4.62. The van der Waals surface area contributed by atoms with Crippen LogP contribution in [0.25, 0.3) is 0 Å². The molecule has 0 aromatic rings. The number of allylic oxidation sites excluding steroid dienone is 17. The van der Waals surface area contributed by atoms with Gasteiger partial charge in [0.25, 0.3) is 7.82 Å². The average molecular weight is 785 g/mol. The highest BCUT2D eigenvalue weighted by Crippen LogP contribution is 2.38. The summed E-state index contributed by atoms with van der Waals surface area (Å²) in [5.41, 5.74) is 0. The van der Waals surface area contributed by atoms with Crippen molar-refractivity contribution < 1.29 is 32.9 Å². The highest BCUT2D eigenvalue weighted by Gasteiger charge is 2.23. The number of likely N-dealkylation sites (N-methyl/N-ethyl adjacent to an activating group) is 1. The lowest BCUT2D eigenvalue weighted by atomic mass is 10.1. The molecule has 0 bridgehead atoms. The lowest BCUT2D eigenvalue weighted by molar-refractivity contribution is -0.870. The predicted octanol–water partition coefficient (Wildman–Crippen LogP) is 10.7. The molecule has 0 heterocycles. The molecular formula is C46H77N2O6P. The Kier molecular flexibility index (Phi) is 34.9. The third-order valence-corrected chi connectivity index (χ3v) is 9.17. The number of rotatable bonds is 35. The number of phosphoric acid groups is 1. The van der Waals surface area contributed by atoms with Crippen molar-refractivity contribution in [3.8, 4) is 0 Å². The number of carbonyl (C=O) groups excluding carboxylic acids is 1. The van der Waals surface area contributed by atoms with Crippen molar-refractivity contribution in [1.82, 2.24) is 5.32 Å². The van der Waals surface area contributed by atoms with Crippen LogP contribution in [0.4, 0.5) is 0 Å². The molecule has 0 aromatic heterocycles. The quantitative estimate of drug-likeness (QED) is 0.0287. The van der Waals surface area contributed by atoms with E-state index in [0.717, 1.165) is 64.2 Å². The predicted molar refractivity (Wildman–Crippen MR) is 232 cm³/mol. The Balaban J connectivity index is 4.71. The van der Waals surface area contributed by atoms with Crippen LogP contribution in [0.2, 0.25) is 0 Å². The lowest BCUT2D eigenvalue weighted by Crippen LogP contribution is -2.45. The maximum absolute atomic E-state index is 12.8. The van der Waals surface area contributed by atoms with Gasteiger partial charge in [-0.05, 0) is 83.5 Å². The first-order valence-electron chi connectivity index (χ1n) is 20.7. The molecule has 0 radical (unpaired) electrons. The van der Waals surface area contributed by atoms with Crippen molar-refractivity contribution >= 4 is 13.7 Å². The summed E-state index contributed by atoms with van der Waals surface area (Å²) < 4.78 is 23.1. The van der Waals surface area contributed by atoms with E-state index in [2.05, 4.69) is 104 Å². The normalized spacial score (nSPS) is 15.5. The van der Waals surface area contributed by atoms with Crippen molar-refractivity contribution in [2.45, 2.75) is 135 Å². The number of aliphatic hydroxyl groups is 1. The number of quaternary nitrogens is 1. The Morgan fingerprint density at radius 2 is 1.13 bits per heavy atom. The largest absolute Gasteiger partial charge is 0.756 e. The van der Waals surface area contributed by atoms with Gasteiger partial charge in [0.05, 0.1) is 39.9 Å². The van der Waals surface area contributed by atoms with Gasteiger partial charge in [-0.2, -0.15) is 0 Å². The van der Waals surface area contributed by atoms with E-state index in [9.17, 15) is 19.4 Å². The zero-order chi connectivity index (χ0) is 40.7. The highest BCUT2D eigenvalue weighted by atomic mass is 31.2. The van der Waals surface area contributed by atoms with Crippen molar-refractivity contribution in [3.63, 3.8) is 0 Å². The van der Waals surface area contributed by atoms with Crippen LogP contribution < -0.4 is 10.2 Å². The summed E-state index contributed by atoms with van der Waals surface area (Å²) >= 11 is 0. The molecule has 0 spiro atoms. The molecule has 0 saturated carbocycles. The van der Waals surface area contributed by atoms with E-state index >= 15 is 0 Å². The Hall–Kier alpha value is -2.84. The molecule has 0 rings (SSSR count). The maximum atomic E-state index is 12.8. The molecule has 1 amide bonds. The molecule has 0 saturated heterocycles. The molecule has 3 atom stereocenters. The molecule has 0 aliphatic rings. The standard InChI is InChI=1S/C46H77N2O6P/c1-6-8-10-12-14-16-18-20-22-23-24-25-26-28-30-32-34-36-38-40-46(50)47-44(43-54-55(51,52)53-42-41-48(3,4)5)45(49)39-37-35-33-31-29-27-21-19-17-15-13-11-9-7-2/h8,10,14,16-17,19-20,22,24-25,28-31,34,36-37,39,44-45,49H,6-7,9,11-13,15,18,21,23,26-27,32-33,35,38,40-43H2,1-5H3,(H-,47,50,51,52)/b10-8-,16-14-,19-17+,22-20-,25-24-,30-28-,31-29+,36-34-,39-37+. The van der Waals surface area contributed by atoms with Crippen LogP contribution in [0.1, 0.15) is 123 Å². The zero-order valence-electron chi connectivity index (χ0n) is 35.1. The van der Waals surface area contributed by atoms with Crippen LogP contribution in [0, 0.1) is 0 Å². The number of phosphoric ester groups is 1. The molecule has 312 valence electrons. The molecule has 0 fully saturated rings. The summed E-state index contributed by atoms with van der Waals surface area (Å²) in [6.45, 7) is 4.38. The fourth-order valence-electron chi connectivity index (χ4n) is 4.91. The number of nitrogens with one attached hydrogen (secondary N) is 1. The third-order valence-electron chi connectivity index (χ3n) is 8.21. The van der Waals surface area contributed by atoms with Crippen LogP contribution in [0.3, 0.4) is 0 Å². The summed E-state index contributed by atoms with van der Waals surface area (Å²) in [6.07, 6.45) is 52.9. The smallest absolute Gasteiger partial charge is 0.268 e. The number of hydrogen-bond donors (Lipinski definition) is 2. The molecule has 0 aromatic carbocycles. The number of nitrogens with zero attached hydrogens (tertiary/aromatic N) is 1. The minimum absolute atomic E-state index is 0.0292. The van der Waals surface area contributed by atoms with E-state index in [1.165, 1.54) is 25.7 Å². The van der Waals surface area contributed by atoms with Gasteiger partial charge in [0.15, 0.2) is 0 Å². The number of hydrogen-bond acceptors (Lipinski definition) is 6. The third kappa shape index (κ3) is 39.2. The van der Waals surface area contributed by atoms with Gasteiger partial charge >= 0.3 is 0 Å².